The third kappa shape index (κ3) is 3.91. The first-order chi connectivity index (χ1) is 10.9. The molecule has 1 saturated heterocycles. The van der Waals surface area contributed by atoms with Gasteiger partial charge in [0.05, 0.1) is 0 Å². The van der Waals surface area contributed by atoms with Crippen LogP contribution in [0.3, 0.4) is 0 Å². The highest BCUT2D eigenvalue weighted by Crippen LogP contribution is 2.18. The molecule has 1 aliphatic rings. The Labute approximate surface area is 138 Å². The van der Waals surface area contributed by atoms with Gasteiger partial charge in [-0.25, -0.2) is 0 Å². The SMILES string of the molecule is CCN(CC)c1ccc(N2CCN(S(=O)(=O)N(C)C)CC2)nn1. The van der Waals surface area contributed by atoms with Crippen LogP contribution in [0, 0.1) is 0 Å². The van der Waals surface area contributed by atoms with Crippen LogP contribution in [0.5, 0.6) is 0 Å². The minimum absolute atomic E-state index is 0.458. The van der Waals surface area contributed by atoms with Crippen molar-refractivity contribution in [2.75, 3.05) is 63.2 Å². The molecule has 23 heavy (non-hydrogen) atoms. The molecule has 1 aromatic rings. The van der Waals surface area contributed by atoms with E-state index in [-0.39, 0.29) is 0 Å². The number of aromatic nitrogens is 2. The van der Waals surface area contributed by atoms with Crippen LogP contribution in [0.25, 0.3) is 0 Å². The van der Waals surface area contributed by atoms with Crippen molar-refractivity contribution in [1.82, 2.24) is 18.8 Å². The molecule has 0 aliphatic carbocycles. The van der Waals surface area contributed by atoms with E-state index in [9.17, 15) is 8.42 Å². The van der Waals surface area contributed by atoms with Crippen LogP contribution < -0.4 is 9.80 Å². The van der Waals surface area contributed by atoms with Gasteiger partial charge in [-0.15, -0.1) is 10.2 Å². The first-order valence-electron chi connectivity index (χ1n) is 7.91. The monoisotopic (exact) mass is 342 g/mol. The van der Waals surface area contributed by atoms with E-state index in [1.54, 1.807) is 14.1 Å². The van der Waals surface area contributed by atoms with Crippen LogP contribution in [0.15, 0.2) is 12.1 Å². The Morgan fingerprint density at radius 2 is 1.65 bits per heavy atom. The molecule has 130 valence electrons. The Morgan fingerprint density at radius 3 is 2.09 bits per heavy atom. The van der Waals surface area contributed by atoms with Gasteiger partial charge in [0.15, 0.2) is 11.6 Å². The second-order valence-electron chi connectivity index (χ2n) is 5.60. The molecule has 9 heteroatoms. The summed E-state index contributed by atoms with van der Waals surface area (Å²) in [6, 6.07) is 3.93. The molecule has 0 bridgehead atoms. The van der Waals surface area contributed by atoms with Crippen LogP contribution in [0.2, 0.25) is 0 Å². The average molecular weight is 342 g/mol. The van der Waals surface area contributed by atoms with E-state index in [4.69, 9.17) is 0 Å². The second-order valence-corrected chi connectivity index (χ2v) is 7.74. The predicted molar refractivity (Wildman–Crippen MR) is 92.0 cm³/mol. The van der Waals surface area contributed by atoms with Crippen LogP contribution in [0.4, 0.5) is 11.6 Å². The number of piperazine rings is 1. The summed E-state index contributed by atoms with van der Waals surface area (Å²) in [6.07, 6.45) is 0. The van der Waals surface area contributed by atoms with Crippen molar-refractivity contribution in [1.29, 1.82) is 0 Å². The summed E-state index contributed by atoms with van der Waals surface area (Å²) in [5, 5.41) is 8.58. The number of nitrogens with zero attached hydrogens (tertiary/aromatic N) is 6. The zero-order valence-electron chi connectivity index (χ0n) is 14.3. The van der Waals surface area contributed by atoms with Crippen LogP contribution in [-0.2, 0) is 10.2 Å². The largest absolute Gasteiger partial charge is 0.356 e. The molecule has 1 aliphatic heterocycles. The summed E-state index contributed by atoms with van der Waals surface area (Å²) in [7, 11) is -0.224. The zero-order valence-corrected chi connectivity index (χ0v) is 15.1. The number of rotatable bonds is 6. The lowest BCUT2D eigenvalue weighted by atomic mass is 10.3. The first kappa shape index (κ1) is 17.9. The van der Waals surface area contributed by atoms with E-state index in [0.29, 0.717) is 26.2 Å². The highest BCUT2D eigenvalue weighted by Gasteiger charge is 2.29. The molecule has 0 amide bonds. The molecular formula is C14H26N6O2S. The van der Waals surface area contributed by atoms with Gasteiger partial charge in [-0.2, -0.15) is 17.0 Å². The van der Waals surface area contributed by atoms with Gasteiger partial charge in [0.1, 0.15) is 0 Å². The smallest absolute Gasteiger partial charge is 0.281 e. The maximum atomic E-state index is 12.1. The Kier molecular flexibility index (Phi) is 5.77. The van der Waals surface area contributed by atoms with E-state index >= 15 is 0 Å². The van der Waals surface area contributed by atoms with Gasteiger partial charge in [-0.1, -0.05) is 0 Å². The van der Waals surface area contributed by atoms with Crippen LogP contribution >= 0.6 is 0 Å². The first-order valence-corrected chi connectivity index (χ1v) is 9.31. The van der Waals surface area contributed by atoms with E-state index in [1.165, 1.54) is 8.61 Å². The fraction of sp³-hybridized carbons (Fsp3) is 0.714. The van der Waals surface area contributed by atoms with Crippen LogP contribution in [0.1, 0.15) is 13.8 Å². The van der Waals surface area contributed by atoms with Crippen molar-refractivity contribution in [3.63, 3.8) is 0 Å². The van der Waals surface area contributed by atoms with Gasteiger partial charge in [0, 0.05) is 53.4 Å². The molecule has 0 aromatic carbocycles. The fourth-order valence-corrected chi connectivity index (χ4v) is 3.67. The van der Waals surface area contributed by atoms with Crippen molar-refractivity contribution in [2.24, 2.45) is 0 Å². The molecule has 2 rings (SSSR count). The Bertz CT molecular complexity index is 592. The van der Waals surface area contributed by atoms with E-state index in [2.05, 4.69) is 33.8 Å². The summed E-state index contributed by atoms with van der Waals surface area (Å²) < 4.78 is 27.0. The third-order valence-electron chi connectivity index (χ3n) is 4.07. The third-order valence-corrected chi connectivity index (χ3v) is 6.01. The van der Waals surface area contributed by atoms with Gasteiger partial charge in [-0.3, -0.25) is 0 Å². The molecule has 0 spiro atoms. The maximum absolute atomic E-state index is 12.1. The summed E-state index contributed by atoms with van der Waals surface area (Å²) >= 11 is 0. The van der Waals surface area contributed by atoms with E-state index < -0.39 is 10.2 Å². The highest BCUT2D eigenvalue weighted by atomic mass is 32.2. The van der Waals surface area contributed by atoms with Crippen molar-refractivity contribution < 1.29 is 8.42 Å². The molecule has 0 unspecified atom stereocenters. The van der Waals surface area contributed by atoms with Gasteiger partial charge < -0.3 is 9.80 Å². The topological polar surface area (TPSA) is 72.9 Å². The summed E-state index contributed by atoms with van der Waals surface area (Å²) in [6.45, 7) is 8.11. The fourth-order valence-electron chi connectivity index (χ4n) is 2.58. The molecule has 0 saturated carbocycles. The van der Waals surface area contributed by atoms with Gasteiger partial charge in [0.2, 0.25) is 0 Å². The van der Waals surface area contributed by atoms with Crippen molar-refractivity contribution in [3.05, 3.63) is 12.1 Å². The van der Waals surface area contributed by atoms with Crippen molar-refractivity contribution >= 4 is 21.8 Å². The predicted octanol–water partition coefficient (Wildman–Crippen LogP) is 0.251. The second kappa shape index (κ2) is 7.41. The Hall–Kier alpha value is -1.45. The molecule has 1 fully saturated rings. The Morgan fingerprint density at radius 1 is 1.04 bits per heavy atom. The molecule has 0 atom stereocenters. The molecule has 8 nitrogen and oxygen atoms in total. The molecule has 0 radical (unpaired) electrons. The van der Waals surface area contributed by atoms with Gasteiger partial charge in [0.25, 0.3) is 10.2 Å². The molecular weight excluding hydrogens is 316 g/mol. The van der Waals surface area contributed by atoms with Gasteiger partial charge >= 0.3 is 0 Å². The summed E-state index contributed by atoms with van der Waals surface area (Å²) in [4.78, 5) is 4.21. The lowest BCUT2D eigenvalue weighted by Crippen LogP contribution is -2.51. The number of hydrogen-bond acceptors (Lipinski definition) is 6. The zero-order chi connectivity index (χ0) is 17.0. The molecule has 1 aromatic heterocycles. The normalized spacial score (nSPS) is 16.8. The molecule has 0 N–H and O–H groups in total. The standard InChI is InChI=1S/C14H26N6O2S/c1-5-18(6-2)13-7-8-14(16-15-13)19-9-11-20(12-10-19)23(21,22)17(3)4/h7-8H,5-6,9-12H2,1-4H3. The quantitative estimate of drug-likeness (QED) is 0.738. The molecule has 2 heterocycles. The van der Waals surface area contributed by atoms with Crippen LogP contribution in [-0.4, -0.2) is 80.6 Å². The average Bonchev–Trinajstić information content (AvgIpc) is 2.56. The van der Waals surface area contributed by atoms with Crippen molar-refractivity contribution in [3.8, 4) is 0 Å². The Balaban J connectivity index is 2.00. The highest BCUT2D eigenvalue weighted by molar-refractivity contribution is 7.86. The van der Waals surface area contributed by atoms with E-state index in [0.717, 1.165) is 24.7 Å². The minimum atomic E-state index is -3.33. The lowest BCUT2D eigenvalue weighted by molar-refractivity contribution is 0.354. The lowest BCUT2D eigenvalue weighted by Gasteiger charge is -2.35. The minimum Gasteiger partial charge on any atom is -0.356 e. The number of anilines is 2. The summed E-state index contributed by atoms with van der Waals surface area (Å²) in [5.74, 6) is 1.66. The summed E-state index contributed by atoms with van der Waals surface area (Å²) in [5.41, 5.74) is 0. The maximum Gasteiger partial charge on any atom is 0.281 e. The van der Waals surface area contributed by atoms with Crippen molar-refractivity contribution in [2.45, 2.75) is 13.8 Å². The van der Waals surface area contributed by atoms with E-state index in [1.807, 2.05) is 12.1 Å². The van der Waals surface area contributed by atoms with Gasteiger partial charge in [-0.05, 0) is 26.0 Å². The number of hydrogen-bond donors (Lipinski definition) is 0.